The molecule has 0 fully saturated rings. The molecule has 1 aromatic carbocycles. The summed E-state index contributed by atoms with van der Waals surface area (Å²) in [5, 5.41) is 4.92. The Balaban J connectivity index is 2.03. The normalized spacial score (nSPS) is 28.6. The molecule has 0 aromatic heterocycles. The topological polar surface area (TPSA) is 55.7 Å². The molecule has 17 heavy (non-hydrogen) atoms. The number of hydrogen-bond donors (Lipinski definition) is 0. The molecule has 88 valence electrons. The lowest BCUT2D eigenvalue weighted by Crippen LogP contribution is -2.31. The first-order valence-electron chi connectivity index (χ1n) is 5.00. The van der Waals surface area contributed by atoms with Crippen LogP contribution in [0.1, 0.15) is 5.56 Å². The predicted octanol–water partition coefficient (Wildman–Crippen LogP) is 1.75. The van der Waals surface area contributed by atoms with Gasteiger partial charge in [-0.3, -0.25) is 0 Å². The number of sulfone groups is 1. The fraction of sp³-hybridized carbons (Fsp3) is 0.182. The molecule has 2 aliphatic heterocycles. The molecule has 6 heteroatoms. The standard InChI is InChI=1S/C11H8ClNO3S/c12-8-3-1-7(2-4-8)10-11-9(16-13-10)5-6-17(11,14)15/h1-6,9,11H. The number of halogens is 1. The molecule has 2 heterocycles. The molecule has 4 nitrogen and oxygen atoms in total. The number of benzene rings is 1. The minimum atomic E-state index is -3.30. The van der Waals surface area contributed by atoms with Crippen molar-refractivity contribution in [2.75, 3.05) is 0 Å². The Bertz CT molecular complexity index is 619. The molecular formula is C11H8ClNO3S. The first-order chi connectivity index (χ1) is 8.08. The van der Waals surface area contributed by atoms with Gasteiger partial charge in [-0.25, -0.2) is 8.42 Å². The van der Waals surface area contributed by atoms with E-state index in [1.54, 1.807) is 24.3 Å². The van der Waals surface area contributed by atoms with E-state index in [0.717, 1.165) is 0 Å². The highest BCUT2D eigenvalue weighted by Gasteiger charge is 2.46. The van der Waals surface area contributed by atoms with Crippen LogP contribution in [0.25, 0.3) is 0 Å². The van der Waals surface area contributed by atoms with Crippen molar-refractivity contribution in [3.05, 3.63) is 46.3 Å². The first kappa shape index (κ1) is 10.8. The van der Waals surface area contributed by atoms with Crippen molar-refractivity contribution in [1.82, 2.24) is 0 Å². The van der Waals surface area contributed by atoms with E-state index in [1.807, 2.05) is 0 Å². The molecule has 2 aliphatic rings. The van der Waals surface area contributed by atoms with Crippen LogP contribution < -0.4 is 0 Å². The number of hydrogen-bond acceptors (Lipinski definition) is 4. The summed E-state index contributed by atoms with van der Waals surface area (Å²) in [6.45, 7) is 0. The van der Waals surface area contributed by atoms with E-state index in [2.05, 4.69) is 5.16 Å². The molecule has 3 rings (SSSR count). The van der Waals surface area contributed by atoms with Gasteiger partial charge in [0.15, 0.2) is 21.2 Å². The minimum Gasteiger partial charge on any atom is -0.386 e. The molecule has 1 aromatic rings. The monoisotopic (exact) mass is 269 g/mol. The lowest BCUT2D eigenvalue weighted by molar-refractivity contribution is 0.123. The number of nitrogens with zero attached hydrogens (tertiary/aromatic N) is 1. The summed E-state index contributed by atoms with van der Waals surface area (Å²) in [6.07, 6.45) is 1.03. The second kappa shape index (κ2) is 3.58. The fourth-order valence-corrected chi connectivity index (χ4v) is 3.64. The van der Waals surface area contributed by atoms with Crippen LogP contribution in [0.3, 0.4) is 0 Å². The van der Waals surface area contributed by atoms with Crippen LogP contribution in [-0.2, 0) is 14.7 Å². The van der Waals surface area contributed by atoms with Gasteiger partial charge in [0.05, 0.1) is 0 Å². The summed E-state index contributed by atoms with van der Waals surface area (Å²) in [5.74, 6) is 0. The van der Waals surface area contributed by atoms with Gasteiger partial charge in [0, 0.05) is 16.0 Å². The highest BCUT2D eigenvalue weighted by Crippen LogP contribution is 2.30. The highest BCUT2D eigenvalue weighted by atomic mass is 35.5. The van der Waals surface area contributed by atoms with Crippen molar-refractivity contribution in [3.8, 4) is 0 Å². The quantitative estimate of drug-likeness (QED) is 0.780. The summed E-state index contributed by atoms with van der Waals surface area (Å²) in [5.41, 5.74) is 1.16. The third-order valence-corrected chi connectivity index (χ3v) is 4.78. The molecule has 2 unspecified atom stereocenters. The molecule has 0 amide bonds. The summed E-state index contributed by atoms with van der Waals surface area (Å²) in [4.78, 5) is 5.10. The van der Waals surface area contributed by atoms with Gasteiger partial charge < -0.3 is 4.84 Å². The maximum atomic E-state index is 11.8. The zero-order valence-corrected chi connectivity index (χ0v) is 10.1. The van der Waals surface area contributed by atoms with E-state index in [0.29, 0.717) is 16.3 Å². The van der Waals surface area contributed by atoms with E-state index < -0.39 is 21.2 Å². The van der Waals surface area contributed by atoms with Gasteiger partial charge in [0.25, 0.3) is 0 Å². The summed E-state index contributed by atoms with van der Waals surface area (Å²) in [6, 6.07) is 6.87. The Labute approximate surface area is 103 Å². The Morgan fingerprint density at radius 1 is 1.24 bits per heavy atom. The van der Waals surface area contributed by atoms with Crippen LogP contribution in [0.2, 0.25) is 5.02 Å². The van der Waals surface area contributed by atoms with Crippen molar-refractivity contribution < 1.29 is 13.3 Å². The highest BCUT2D eigenvalue weighted by molar-refractivity contribution is 7.96. The average molecular weight is 270 g/mol. The van der Waals surface area contributed by atoms with Gasteiger partial charge in [-0.05, 0) is 18.2 Å². The SMILES string of the molecule is O=S1(=O)C=CC2ON=C(c3ccc(Cl)cc3)C21. The molecule has 0 N–H and O–H groups in total. The minimum absolute atomic E-state index is 0.441. The second-order valence-corrected chi connectivity index (χ2v) is 6.29. The smallest absolute Gasteiger partial charge is 0.184 e. The Kier molecular flexibility index (Phi) is 2.27. The van der Waals surface area contributed by atoms with Gasteiger partial charge in [-0.2, -0.15) is 0 Å². The summed E-state index contributed by atoms with van der Waals surface area (Å²) in [7, 11) is -3.30. The third kappa shape index (κ3) is 1.66. The van der Waals surface area contributed by atoms with Gasteiger partial charge in [-0.1, -0.05) is 28.9 Å². The molecule has 0 bridgehead atoms. The molecule has 0 aliphatic carbocycles. The van der Waals surface area contributed by atoms with E-state index in [1.165, 1.54) is 11.5 Å². The van der Waals surface area contributed by atoms with E-state index in [-0.39, 0.29) is 0 Å². The largest absolute Gasteiger partial charge is 0.386 e. The van der Waals surface area contributed by atoms with Gasteiger partial charge >= 0.3 is 0 Å². The van der Waals surface area contributed by atoms with Crippen LogP contribution in [0.5, 0.6) is 0 Å². The van der Waals surface area contributed by atoms with E-state index >= 15 is 0 Å². The van der Waals surface area contributed by atoms with E-state index in [9.17, 15) is 8.42 Å². The molecule has 2 atom stereocenters. The molecule has 0 saturated heterocycles. The Hall–Kier alpha value is -1.33. The Morgan fingerprint density at radius 2 is 1.94 bits per heavy atom. The fourth-order valence-electron chi connectivity index (χ4n) is 1.97. The van der Waals surface area contributed by atoms with Gasteiger partial charge in [-0.15, -0.1) is 0 Å². The van der Waals surface area contributed by atoms with Crippen LogP contribution in [-0.4, -0.2) is 25.5 Å². The number of fused-ring (bicyclic) bond motifs is 1. The maximum absolute atomic E-state index is 11.8. The van der Waals surface area contributed by atoms with Crippen molar-refractivity contribution in [2.45, 2.75) is 11.4 Å². The zero-order valence-electron chi connectivity index (χ0n) is 8.58. The van der Waals surface area contributed by atoms with E-state index in [4.69, 9.17) is 16.4 Å². The lowest BCUT2D eigenvalue weighted by atomic mass is 10.0. The van der Waals surface area contributed by atoms with Gasteiger partial charge in [0.2, 0.25) is 0 Å². The lowest BCUT2D eigenvalue weighted by Gasteiger charge is -2.08. The maximum Gasteiger partial charge on any atom is 0.184 e. The molecular weight excluding hydrogens is 262 g/mol. The van der Waals surface area contributed by atoms with Crippen LogP contribution in [0, 0.1) is 0 Å². The van der Waals surface area contributed by atoms with Gasteiger partial charge in [0.1, 0.15) is 5.71 Å². The molecule has 0 spiro atoms. The van der Waals surface area contributed by atoms with Crippen molar-refractivity contribution >= 4 is 27.1 Å². The van der Waals surface area contributed by atoms with Crippen molar-refractivity contribution in [3.63, 3.8) is 0 Å². The first-order valence-corrected chi connectivity index (χ1v) is 6.98. The number of oxime groups is 1. The van der Waals surface area contributed by atoms with Crippen LogP contribution in [0.4, 0.5) is 0 Å². The molecule has 0 radical (unpaired) electrons. The summed E-state index contributed by atoms with van der Waals surface area (Å²) < 4.78 is 23.6. The van der Waals surface area contributed by atoms with Crippen molar-refractivity contribution in [2.24, 2.45) is 5.16 Å². The predicted molar refractivity (Wildman–Crippen MR) is 64.7 cm³/mol. The van der Waals surface area contributed by atoms with Crippen LogP contribution >= 0.6 is 11.6 Å². The van der Waals surface area contributed by atoms with Crippen molar-refractivity contribution in [1.29, 1.82) is 0 Å². The third-order valence-electron chi connectivity index (χ3n) is 2.79. The molecule has 0 saturated carbocycles. The summed E-state index contributed by atoms with van der Waals surface area (Å²) >= 11 is 5.78. The second-order valence-electron chi connectivity index (χ2n) is 3.89. The van der Waals surface area contributed by atoms with Crippen LogP contribution in [0.15, 0.2) is 40.9 Å². The average Bonchev–Trinajstić information content (AvgIpc) is 2.83. The Morgan fingerprint density at radius 3 is 2.65 bits per heavy atom. The zero-order chi connectivity index (χ0) is 12.0. The number of rotatable bonds is 1.